The second-order valence-corrected chi connectivity index (χ2v) is 5.24. The van der Waals surface area contributed by atoms with Crippen LogP contribution in [0.15, 0.2) is 24.3 Å². The average Bonchev–Trinajstić information content (AvgIpc) is 2.48. The largest absolute Gasteiger partial charge is 0.368 e. The zero-order valence-electron chi connectivity index (χ0n) is 11.8. The van der Waals surface area contributed by atoms with Crippen LogP contribution in [-0.4, -0.2) is 42.4 Å². The Morgan fingerprint density at radius 1 is 1.29 bits per heavy atom. The van der Waals surface area contributed by atoms with E-state index in [1.807, 2.05) is 0 Å². The number of amides is 2. The standard InChI is InChI=1S/C15H20FN3O2/c16-13-4-2-1-3-11(13)9-15(21)19(10-14(17)20)12-5-7-18-8-6-12/h1-4,12,18H,5-10H2,(H2,17,20). The molecule has 0 bridgehead atoms. The van der Waals surface area contributed by atoms with Crippen molar-refractivity contribution >= 4 is 11.8 Å². The van der Waals surface area contributed by atoms with Crippen LogP contribution in [0.5, 0.6) is 0 Å². The Bertz CT molecular complexity index is 515. The molecule has 1 aliphatic heterocycles. The molecule has 0 unspecified atom stereocenters. The summed E-state index contributed by atoms with van der Waals surface area (Å²) in [5, 5.41) is 3.21. The Labute approximate surface area is 123 Å². The van der Waals surface area contributed by atoms with Gasteiger partial charge in [-0.1, -0.05) is 18.2 Å². The van der Waals surface area contributed by atoms with Crippen LogP contribution >= 0.6 is 0 Å². The second kappa shape index (κ2) is 7.17. The molecule has 1 aromatic rings. The van der Waals surface area contributed by atoms with E-state index >= 15 is 0 Å². The molecule has 6 heteroatoms. The summed E-state index contributed by atoms with van der Waals surface area (Å²) in [6, 6.07) is 6.16. The number of nitrogens with zero attached hydrogens (tertiary/aromatic N) is 1. The van der Waals surface area contributed by atoms with Crippen molar-refractivity contribution in [3.63, 3.8) is 0 Å². The lowest BCUT2D eigenvalue weighted by atomic mass is 10.0. The molecule has 1 saturated heterocycles. The van der Waals surface area contributed by atoms with Gasteiger partial charge in [-0.2, -0.15) is 0 Å². The molecular weight excluding hydrogens is 273 g/mol. The molecule has 1 aromatic carbocycles. The van der Waals surface area contributed by atoms with Crippen molar-refractivity contribution in [2.24, 2.45) is 5.73 Å². The van der Waals surface area contributed by atoms with Gasteiger partial charge < -0.3 is 16.0 Å². The summed E-state index contributed by atoms with van der Waals surface area (Å²) < 4.78 is 13.6. The Morgan fingerprint density at radius 2 is 1.95 bits per heavy atom. The summed E-state index contributed by atoms with van der Waals surface area (Å²) in [6.45, 7) is 1.48. The molecule has 2 rings (SSSR count). The first-order chi connectivity index (χ1) is 10.1. The summed E-state index contributed by atoms with van der Waals surface area (Å²) in [6.07, 6.45) is 1.50. The van der Waals surface area contributed by atoms with Crippen LogP contribution in [-0.2, 0) is 16.0 Å². The molecule has 3 N–H and O–H groups in total. The Hall–Kier alpha value is -1.95. The topological polar surface area (TPSA) is 75.4 Å². The minimum atomic E-state index is -0.546. The number of halogens is 1. The van der Waals surface area contributed by atoms with Gasteiger partial charge in [-0.3, -0.25) is 9.59 Å². The fourth-order valence-corrected chi connectivity index (χ4v) is 2.61. The number of rotatable bonds is 5. The van der Waals surface area contributed by atoms with Gasteiger partial charge in [0.05, 0.1) is 13.0 Å². The smallest absolute Gasteiger partial charge is 0.237 e. The Balaban J connectivity index is 2.10. The molecule has 1 fully saturated rings. The predicted molar refractivity (Wildman–Crippen MR) is 76.9 cm³/mol. The normalized spacial score (nSPS) is 15.7. The van der Waals surface area contributed by atoms with Crippen molar-refractivity contribution < 1.29 is 14.0 Å². The van der Waals surface area contributed by atoms with E-state index in [2.05, 4.69) is 5.32 Å². The van der Waals surface area contributed by atoms with Crippen LogP contribution in [0.25, 0.3) is 0 Å². The van der Waals surface area contributed by atoms with E-state index < -0.39 is 11.7 Å². The molecule has 0 aromatic heterocycles. The quantitative estimate of drug-likeness (QED) is 0.827. The molecule has 0 atom stereocenters. The summed E-state index contributed by atoms with van der Waals surface area (Å²) in [4.78, 5) is 25.1. The summed E-state index contributed by atoms with van der Waals surface area (Å²) in [5.41, 5.74) is 5.58. The lowest BCUT2D eigenvalue weighted by molar-refractivity contribution is -0.137. The molecule has 0 radical (unpaired) electrons. The lowest BCUT2D eigenvalue weighted by Gasteiger charge is -2.34. The number of piperidine rings is 1. The lowest BCUT2D eigenvalue weighted by Crippen LogP contribution is -2.49. The first-order valence-electron chi connectivity index (χ1n) is 7.10. The van der Waals surface area contributed by atoms with Gasteiger partial charge in [-0.05, 0) is 37.6 Å². The molecule has 114 valence electrons. The van der Waals surface area contributed by atoms with Crippen molar-refractivity contribution in [3.8, 4) is 0 Å². The van der Waals surface area contributed by atoms with E-state index in [0.29, 0.717) is 5.56 Å². The van der Waals surface area contributed by atoms with Crippen molar-refractivity contribution in [3.05, 3.63) is 35.6 Å². The number of hydrogen-bond acceptors (Lipinski definition) is 3. The highest BCUT2D eigenvalue weighted by atomic mass is 19.1. The van der Waals surface area contributed by atoms with Gasteiger partial charge in [0, 0.05) is 6.04 Å². The highest BCUT2D eigenvalue weighted by Gasteiger charge is 2.26. The highest BCUT2D eigenvalue weighted by Crippen LogP contribution is 2.15. The van der Waals surface area contributed by atoms with Crippen molar-refractivity contribution in [2.45, 2.75) is 25.3 Å². The van der Waals surface area contributed by atoms with Crippen molar-refractivity contribution in [1.29, 1.82) is 0 Å². The molecule has 0 saturated carbocycles. The maximum absolute atomic E-state index is 13.6. The average molecular weight is 293 g/mol. The van der Waals surface area contributed by atoms with Crippen LogP contribution in [0.4, 0.5) is 4.39 Å². The van der Waals surface area contributed by atoms with Gasteiger partial charge in [0.25, 0.3) is 0 Å². The predicted octanol–water partition coefficient (Wildman–Crippen LogP) is 0.434. The zero-order valence-corrected chi connectivity index (χ0v) is 11.8. The fourth-order valence-electron chi connectivity index (χ4n) is 2.61. The molecule has 5 nitrogen and oxygen atoms in total. The van der Waals surface area contributed by atoms with Crippen LogP contribution in [0.1, 0.15) is 18.4 Å². The van der Waals surface area contributed by atoms with Crippen molar-refractivity contribution in [2.75, 3.05) is 19.6 Å². The van der Waals surface area contributed by atoms with E-state index in [0.717, 1.165) is 25.9 Å². The Morgan fingerprint density at radius 3 is 2.57 bits per heavy atom. The maximum Gasteiger partial charge on any atom is 0.237 e. The van der Waals surface area contributed by atoms with Gasteiger partial charge in [0.1, 0.15) is 5.82 Å². The molecule has 1 aliphatic rings. The summed E-state index contributed by atoms with van der Waals surface area (Å²) >= 11 is 0. The first kappa shape index (κ1) is 15.4. The van der Waals surface area contributed by atoms with Crippen LogP contribution < -0.4 is 11.1 Å². The SMILES string of the molecule is NC(=O)CN(C(=O)Cc1ccccc1F)C1CCNCC1. The van der Waals surface area contributed by atoms with E-state index in [-0.39, 0.29) is 24.9 Å². The molecule has 1 heterocycles. The van der Waals surface area contributed by atoms with Crippen LogP contribution in [0.3, 0.4) is 0 Å². The fraction of sp³-hybridized carbons (Fsp3) is 0.467. The number of nitrogens with two attached hydrogens (primary N) is 1. The van der Waals surface area contributed by atoms with E-state index in [9.17, 15) is 14.0 Å². The molecular formula is C15H20FN3O2. The van der Waals surface area contributed by atoms with Crippen LogP contribution in [0, 0.1) is 5.82 Å². The molecule has 2 amide bonds. The number of benzene rings is 1. The van der Waals surface area contributed by atoms with Crippen LogP contribution in [0.2, 0.25) is 0 Å². The third kappa shape index (κ3) is 4.26. The van der Waals surface area contributed by atoms with Crippen molar-refractivity contribution in [1.82, 2.24) is 10.2 Å². The van der Waals surface area contributed by atoms with Gasteiger partial charge in [0.15, 0.2) is 0 Å². The third-order valence-corrected chi connectivity index (χ3v) is 3.70. The van der Waals surface area contributed by atoms with Gasteiger partial charge in [-0.15, -0.1) is 0 Å². The second-order valence-electron chi connectivity index (χ2n) is 5.24. The first-order valence-corrected chi connectivity index (χ1v) is 7.10. The third-order valence-electron chi connectivity index (χ3n) is 3.70. The highest BCUT2D eigenvalue weighted by molar-refractivity contribution is 5.85. The Kier molecular flexibility index (Phi) is 5.27. The number of primary amides is 1. The van der Waals surface area contributed by atoms with E-state index in [1.54, 1.807) is 18.2 Å². The summed E-state index contributed by atoms with van der Waals surface area (Å²) in [7, 11) is 0. The van der Waals surface area contributed by atoms with E-state index in [1.165, 1.54) is 11.0 Å². The van der Waals surface area contributed by atoms with Gasteiger partial charge in [0.2, 0.25) is 11.8 Å². The molecule has 0 spiro atoms. The van der Waals surface area contributed by atoms with Gasteiger partial charge >= 0.3 is 0 Å². The monoisotopic (exact) mass is 293 g/mol. The summed E-state index contributed by atoms with van der Waals surface area (Å²) in [5.74, 6) is -1.21. The minimum Gasteiger partial charge on any atom is -0.368 e. The number of hydrogen-bond donors (Lipinski definition) is 2. The minimum absolute atomic E-state index is 0.0157. The number of carbonyl (C=O) groups excluding carboxylic acids is 2. The molecule has 0 aliphatic carbocycles. The number of carbonyl (C=O) groups is 2. The van der Waals surface area contributed by atoms with Gasteiger partial charge in [-0.25, -0.2) is 4.39 Å². The number of nitrogens with one attached hydrogen (secondary N) is 1. The maximum atomic E-state index is 13.6. The van der Waals surface area contributed by atoms with E-state index in [4.69, 9.17) is 5.73 Å². The molecule has 21 heavy (non-hydrogen) atoms. The zero-order chi connectivity index (χ0) is 15.2.